The highest BCUT2D eigenvalue weighted by atomic mass is 32.2. The summed E-state index contributed by atoms with van der Waals surface area (Å²) in [6.45, 7) is 4.05. The second-order valence-corrected chi connectivity index (χ2v) is 9.03. The highest BCUT2D eigenvalue weighted by Gasteiger charge is 2.42. The minimum absolute atomic E-state index is 0.130. The fourth-order valence-electron chi connectivity index (χ4n) is 4.10. The summed E-state index contributed by atoms with van der Waals surface area (Å²) in [4.78, 5) is 17.1. The van der Waals surface area contributed by atoms with Gasteiger partial charge in [-0.1, -0.05) is 11.8 Å². The Morgan fingerprint density at radius 1 is 1.21 bits per heavy atom. The molecule has 0 bridgehead atoms. The van der Waals surface area contributed by atoms with Crippen molar-refractivity contribution in [1.29, 1.82) is 0 Å². The average Bonchev–Trinajstić information content (AvgIpc) is 3.67. The van der Waals surface area contributed by atoms with Gasteiger partial charge in [-0.15, -0.1) is 0 Å². The summed E-state index contributed by atoms with van der Waals surface area (Å²) in [6.07, 6.45) is 6.97. The van der Waals surface area contributed by atoms with Gasteiger partial charge in [-0.2, -0.15) is 0 Å². The van der Waals surface area contributed by atoms with Gasteiger partial charge in [-0.25, -0.2) is 4.98 Å². The number of thioether (sulfide) groups is 1. The summed E-state index contributed by atoms with van der Waals surface area (Å²) in [5, 5.41) is 4.17. The second-order valence-electron chi connectivity index (χ2n) is 8.09. The zero-order valence-electron chi connectivity index (χ0n) is 16.7. The van der Waals surface area contributed by atoms with Gasteiger partial charge < -0.3 is 19.4 Å². The Hall–Kier alpha value is -2.15. The molecule has 1 amide bonds. The predicted octanol–water partition coefficient (Wildman–Crippen LogP) is 3.74. The van der Waals surface area contributed by atoms with Gasteiger partial charge in [0.15, 0.2) is 16.7 Å². The number of aromatic nitrogens is 2. The number of fused-ring (bicyclic) bond motifs is 1. The Balaban J connectivity index is 1.26. The van der Waals surface area contributed by atoms with Gasteiger partial charge in [-0.3, -0.25) is 4.79 Å². The molecular formula is C22H27N3O3S. The Bertz CT molecular complexity index is 893. The van der Waals surface area contributed by atoms with Crippen molar-refractivity contribution in [2.75, 3.05) is 19.0 Å². The standard InChI is InChI=1S/C22H27N3O3S/c1-2-25-17(16-7-8-18-19(11-16)28-10-9-27-18)12-23-22(25)29-13-20(26)24-21(14-3-4-14)15-5-6-15/h7-8,11-12,14-15,21H,2-6,9-10,13H2,1H3,(H,24,26). The van der Waals surface area contributed by atoms with Crippen molar-refractivity contribution < 1.29 is 14.3 Å². The van der Waals surface area contributed by atoms with Crippen molar-refractivity contribution in [3.63, 3.8) is 0 Å². The monoisotopic (exact) mass is 413 g/mol. The van der Waals surface area contributed by atoms with Crippen LogP contribution in [0.5, 0.6) is 11.5 Å². The summed E-state index contributed by atoms with van der Waals surface area (Å²) in [5.74, 6) is 3.54. The molecule has 2 fully saturated rings. The van der Waals surface area contributed by atoms with Crippen molar-refractivity contribution in [2.45, 2.75) is 50.4 Å². The maximum Gasteiger partial charge on any atom is 0.230 e. The first-order valence-electron chi connectivity index (χ1n) is 10.6. The van der Waals surface area contributed by atoms with E-state index in [2.05, 4.69) is 21.8 Å². The molecule has 1 N–H and O–H groups in total. The molecule has 3 aliphatic rings. The molecule has 2 saturated carbocycles. The van der Waals surface area contributed by atoms with E-state index in [0.29, 0.717) is 25.0 Å². The van der Waals surface area contributed by atoms with Crippen LogP contribution in [-0.2, 0) is 11.3 Å². The Morgan fingerprint density at radius 2 is 1.93 bits per heavy atom. The molecule has 2 aliphatic carbocycles. The minimum atomic E-state index is 0.130. The summed E-state index contributed by atoms with van der Waals surface area (Å²) in [5.41, 5.74) is 2.07. The molecule has 0 unspecified atom stereocenters. The van der Waals surface area contributed by atoms with Crippen molar-refractivity contribution in [3.05, 3.63) is 24.4 Å². The molecule has 6 nitrogen and oxygen atoms in total. The van der Waals surface area contributed by atoms with E-state index < -0.39 is 0 Å². The van der Waals surface area contributed by atoms with E-state index >= 15 is 0 Å². The van der Waals surface area contributed by atoms with E-state index in [1.165, 1.54) is 37.4 Å². The van der Waals surface area contributed by atoms with Gasteiger partial charge in [0.05, 0.1) is 17.6 Å². The summed E-state index contributed by atoms with van der Waals surface area (Å²) < 4.78 is 13.5. The molecule has 2 aromatic rings. The average molecular weight is 414 g/mol. The summed E-state index contributed by atoms with van der Waals surface area (Å²) in [6, 6.07) is 6.40. The van der Waals surface area contributed by atoms with Gasteiger partial charge in [0.1, 0.15) is 13.2 Å². The van der Waals surface area contributed by atoms with Crippen LogP contribution in [0.1, 0.15) is 32.6 Å². The molecule has 2 heterocycles. The van der Waals surface area contributed by atoms with Crippen LogP contribution in [0.3, 0.4) is 0 Å². The number of hydrogen-bond acceptors (Lipinski definition) is 5. The third-order valence-electron chi connectivity index (χ3n) is 5.89. The van der Waals surface area contributed by atoms with E-state index in [0.717, 1.165) is 46.3 Å². The topological polar surface area (TPSA) is 65.4 Å². The maximum absolute atomic E-state index is 12.5. The number of amides is 1. The van der Waals surface area contributed by atoms with Crippen molar-refractivity contribution in [2.24, 2.45) is 11.8 Å². The molecule has 1 aromatic carbocycles. The highest BCUT2D eigenvalue weighted by Crippen LogP contribution is 2.44. The number of hydrogen-bond donors (Lipinski definition) is 1. The molecular weight excluding hydrogens is 386 g/mol. The number of carbonyl (C=O) groups excluding carboxylic acids is 1. The van der Waals surface area contributed by atoms with E-state index in [9.17, 15) is 4.79 Å². The third kappa shape index (κ3) is 4.10. The molecule has 0 spiro atoms. The van der Waals surface area contributed by atoms with Crippen LogP contribution >= 0.6 is 11.8 Å². The molecule has 29 heavy (non-hydrogen) atoms. The number of imidazole rings is 1. The molecule has 0 radical (unpaired) electrons. The quantitative estimate of drug-likeness (QED) is 0.668. The third-order valence-corrected chi connectivity index (χ3v) is 6.88. The van der Waals surface area contributed by atoms with E-state index in [1.807, 2.05) is 24.4 Å². The van der Waals surface area contributed by atoms with Crippen LogP contribution < -0.4 is 14.8 Å². The lowest BCUT2D eigenvalue weighted by molar-refractivity contribution is -0.119. The lowest BCUT2D eigenvalue weighted by Crippen LogP contribution is -2.39. The summed E-state index contributed by atoms with van der Waals surface area (Å²) >= 11 is 1.51. The Labute approximate surface area is 175 Å². The Morgan fingerprint density at radius 3 is 2.62 bits per heavy atom. The van der Waals surface area contributed by atoms with Gasteiger partial charge in [0, 0.05) is 18.2 Å². The minimum Gasteiger partial charge on any atom is -0.486 e. The van der Waals surface area contributed by atoms with Gasteiger partial charge in [-0.05, 0) is 62.6 Å². The molecule has 0 saturated heterocycles. The van der Waals surface area contributed by atoms with Gasteiger partial charge in [0.25, 0.3) is 0 Å². The first-order valence-corrected chi connectivity index (χ1v) is 11.6. The molecule has 1 aliphatic heterocycles. The SMILES string of the molecule is CCn1c(-c2ccc3c(c2)OCCO3)cnc1SCC(=O)NC(C1CC1)C1CC1. The number of nitrogens with one attached hydrogen (secondary N) is 1. The highest BCUT2D eigenvalue weighted by molar-refractivity contribution is 7.99. The Kier molecular flexibility index (Phi) is 5.16. The van der Waals surface area contributed by atoms with Crippen molar-refractivity contribution in [3.8, 4) is 22.8 Å². The lowest BCUT2D eigenvalue weighted by Gasteiger charge is -2.19. The fourth-order valence-corrected chi connectivity index (χ4v) is 4.96. The van der Waals surface area contributed by atoms with Crippen LogP contribution in [0.15, 0.2) is 29.6 Å². The van der Waals surface area contributed by atoms with E-state index in [-0.39, 0.29) is 5.91 Å². The molecule has 154 valence electrons. The molecule has 5 rings (SSSR count). The van der Waals surface area contributed by atoms with Gasteiger partial charge in [0.2, 0.25) is 5.91 Å². The van der Waals surface area contributed by atoms with Crippen LogP contribution in [0.2, 0.25) is 0 Å². The second kappa shape index (κ2) is 7.94. The lowest BCUT2D eigenvalue weighted by atomic mass is 10.1. The van der Waals surface area contributed by atoms with Crippen LogP contribution in [0, 0.1) is 11.8 Å². The molecule has 7 heteroatoms. The molecule has 1 aromatic heterocycles. The van der Waals surface area contributed by atoms with Gasteiger partial charge >= 0.3 is 0 Å². The van der Waals surface area contributed by atoms with Crippen LogP contribution in [0.4, 0.5) is 0 Å². The number of ether oxygens (including phenoxy) is 2. The predicted molar refractivity (Wildman–Crippen MR) is 112 cm³/mol. The number of nitrogens with zero attached hydrogens (tertiary/aromatic N) is 2. The number of benzene rings is 1. The van der Waals surface area contributed by atoms with Crippen molar-refractivity contribution >= 4 is 17.7 Å². The van der Waals surface area contributed by atoms with Crippen molar-refractivity contribution in [1.82, 2.24) is 14.9 Å². The van der Waals surface area contributed by atoms with E-state index in [1.54, 1.807) is 0 Å². The fraction of sp³-hybridized carbons (Fsp3) is 0.545. The smallest absolute Gasteiger partial charge is 0.230 e. The first kappa shape index (κ1) is 18.9. The first-order chi connectivity index (χ1) is 14.2. The van der Waals surface area contributed by atoms with Crippen LogP contribution in [0.25, 0.3) is 11.3 Å². The zero-order valence-corrected chi connectivity index (χ0v) is 17.5. The number of carbonyl (C=O) groups is 1. The zero-order chi connectivity index (χ0) is 19.8. The molecule has 0 atom stereocenters. The normalized spacial score (nSPS) is 18.1. The van der Waals surface area contributed by atoms with E-state index in [4.69, 9.17) is 9.47 Å². The summed E-state index contributed by atoms with van der Waals surface area (Å²) in [7, 11) is 0. The number of rotatable bonds is 8. The largest absolute Gasteiger partial charge is 0.486 e. The van der Waals surface area contributed by atoms with Crippen LogP contribution in [-0.4, -0.2) is 40.5 Å². The maximum atomic E-state index is 12.5.